The predicted molar refractivity (Wildman–Crippen MR) is 141 cm³/mol. The van der Waals surface area contributed by atoms with Crippen LogP contribution in [0.5, 0.6) is 0 Å². The minimum absolute atomic E-state index is 0.0150. The topological polar surface area (TPSA) is 205 Å². The molecule has 0 heterocycles. The molecule has 1 atom stereocenters. The normalized spacial score (nSPS) is 11.5. The van der Waals surface area contributed by atoms with Crippen LogP contribution in [0.2, 0.25) is 0 Å². The van der Waals surface area contributed by atoms with Crippen LogP contribution in [-0.2, 0) is 23.9 Å². The first-order chi connectivity index (χ1) is 18.4. The van der Waals surface area contributed by atoms with Gasteiger partial charge in [0, 0.05) is 25.6 Å². The molecule has 2 aromatic rings. The van der Waals surface area contributed by atoms with Gasteiger partial charge >= 0.3 is 17.6 Å². The third-order valence-electron chi connectivity index (χ3n) is 4.87. The van der Waals surface area contributed by atoms with Crippen LogP contribution >= 0.6 is 15.9 Å². The predicted octanol–water partition coefficient (Wildman–Crippen LogP) is 4.91. The maximum Gasteiger partial charge on any atom is 0.349 e. The zero-order valence-corrected chi connectivity index (χ0v) is 22.3. The van der Waals surface area contributed by atoms with Gasteiger partial charge in [0.25, 0.3) is 5.69 Å². The molecule has 0 fully saturated rings. The van der Waals surface area contributed by atoms with Crippen molar-refractivity contribution in [1.29, 1.82) is 0 Å². The Bertz CT molecular complexity index is 1330. The molecule has 0 saturated carbocycles. The Morgan fingerprint density at radius 3 is 2.46 bits per heavy atom. The molecule has 0 aliphatic heterocycles. The van der Waals surface area contributed by atoms with Gasteiger partial charge < -0.3 is 20.1 Å². The largest absolute Gasteiger partial charge is 0.454 e. The van der Waals surface area contributed by atoms with Gasteiger partial charge in [-0.05, 0) is 40.5 Å². The summed E-state index contributed by atoms with van der Waals surface area (Å²) in [5, 5.41) is 36.2. The van der Waals surface area contributed by atoms with Gasteiger partial charge in [0.1, 0.15) is 5.69 Å². The summed E-state index contributed by atoms with van der Waals surface area (Å²) in [6, 6.07) is 6.33. The van der Waals surface area contributed by atoms with E-state index in [1.54, 1.807) is 19.1 Å². The second kappa shape index (κ2) is 14.4. The molecule has 15 nitrogen and oxygen atoms in total. The number of non-ortho nitro benzene ring substituents is 1. The zero-order valence-electron chi connectivity index (χ0n) is 20.7. The maximum absolute atomic E-state index is 11.8. The van der Waals surface area contributed by atoms with Crippen LogP contribution in [0, 0.1) is 20.2 Å². The fourth-order valence-electron chi connectivity index (χ4n) is 3.07. The molecule has 0 aliphatic rings. The number of ether oxygens (including phenoxy) is 2. The molecule has 2 N–H and O–H groups in total. The third-order valence-corrected chi connectivity index (χ3v) is 5.47. The van der Waals surface area contributed by atoms with Crippen molar-refractivity contribution in [1.82, 2.24) is 5.32 Å². The van der Waals surface area contributed by atoms with E-state index < -0.39 is 45.7 Å². The highest BCUT2D eigenvalue weighted by atomic mass is 79.9. The van der Waals surface area contributed by atoms with Gasteiger partial charge in [-0.3, -0.25) is 29.8 Å². The molecule has 206 valence electrons. The lowest BCUT2D eigenvalue weighted by Gasteiger charge is -2.16. The molecular formula is C23H23BrN6O9. The van der Waals surface area contributed by atoms with E-state index in [1.807, 2.05) is 0 Å². The van der Waals surface area contributed by atoms with Crippen LogP contribution in [0.3, 0.4) is 0 Å². The highest BCUT2D eigenvalue weighted by Crippen LogP contribution is 2.40. The maximum atomic E-state index is 11.8. The number of anilines is 1. The summed E-state index contributed by atoms with van der Waals surface area (Å²) in [6.07, 6.45) is 0.902. The highest BCUT2D eigenvalue weighted by molar-refractivity contribution is 9.10. The Kier molecular flexibility index (Phi) is 11.3. The number of azo groups is 1. The molecule has 16 heteroatoms. The number of halogens is 1. The van der Waals surface area contributed by atoms with Crippen molar-refractivity contribution in [2.45, 2.75) is 26.3 Å². The first-order valence-electron chi connectivity index (χ1n) is 11.1. The Labute approximate surface area is 229 Å². The molecular weight excluding hydrogens is 584 g/mol. The summed E-state index contributed by atoms with van der Waals surface area (Å²) in [6.45, 7) is 5.99. The van der Waals surface area contributed by atoms with Crippen LogP contribution in [0.25, 0.3) is 0 Å². The van der Waals surface area contributed by atoms with Crippen molar-refractivity contribution in [3.05, 3.63) is 73.4 Å². The average Bonchev–Trinajstić information content (AvgIpc) is 2.86. The fourth-order valence-corrected chi connectivity index (χ4v) is 3.58. The van der Waals surface area contributed by atoms with E-state index in [0.717, 1.165) is 18.4 Å². The third kappa shape index (κ3) is 9.35. The van der Waals surface area contributed by atoms with Crippen molar-refractivity contribution in [2.24, 2.45) is 10.2 Å². The van der Waals surface area contributed by atoms with Crippen molar-refractivity contribution >= 4 is 62.2 Å². The molecule has 2 aromatic carbocycles. The monoisotopic (exact) mass is 606 g/mol. The quantitative estimate of drug-likeness (QED) is 0.103. The lowest BCUT2D eigenvalue weighted by atomic mass is 10.1. The number of nitro groups is 2. The second-order valence-corrected chi connectivity index (χ2v) is 8.56. The van der Waals surface area contributed by atoms with E-state index >= 15 is 0 Å². The SMILES string of the molecule is C=COC(=O)COC(=O)CCNC(C)c1ccc(N=Nc2c(Br)cc([N+](=O)[O-])cc2[N+](=O)[O-])c(NC(C)=O)c1. The average molecular weight is 607 g/mol. The van der Waals surface area contributed by atoms with E-state index in [0.29, 0.717) is 5.56 Å². The summed E-state index contributed by atoms with van der Waals surface area (Å²) < 4.78 is 9.22. The molecule has 0 aromatic heterocycles. The van der Waals surface area contributed by atoms with Gasteiger partial charge in [-0.15, -0.1) is 10.2 Å². The Morgan fingerprint density at radius 2 is 1.85 bits per heavy atom. The van der Waals surface area contributed by atoms with Gasteiger partial charge in [-0.25, -0.2) is 4.79 Å². The van der Waals surface area contributed by atoms with E-state index in [9.17, 15) is 34.6 Å². The number of hydrogen-bond acceptors (Lipinski definition) is 12. The van der Waals surface area contributed by atoms with Crippen molar-refractivity contribution in [2.75, 3.05) is 18.5 Å². The molecule has 0 saturated heterocycles. The Balaban J connectivity index is 2.20. The van der Waals surface area contributed by atoms with Crippen LogP contribution in [0.1, 0.15) is 31.9 Å². The molecule has 0 radical (unpaired) electrons. The van der Waals surface area contributed by atoms with Gasteiger partial charge in [0.15, 0.2) is 12.3 Å². The number of esters is 2. The van der Waals surface area contributed by atoms with Crippen LogP contribution in [-0.4, -0.2) is 40.8 Å². The molecule has 0 bridgehead atoms. The number of rotatable bonds is 13. The lowest BCUT2D eigenvalue weighted by molar-refractivity contribution is -0.393. The Hall–Kier alpha value is -4.57. The molecule has 0 aliphatic carbocycles. The van der Waals surface area contributed by atoms with E-state index in [4.69, 9.17) is 4.74 Å². The zero-order chi connectivity index (χ0) is 29.1. The first kappa shape index (κ1) is 30.7. The summed E-state index contributed by atoms with van der Waals surface area (Å²) in [4.78, 5) is 55.6. The molecule has 1 amide bonds. The number of nitro benzene ring substituents is 2. The molecule has 1 unspecified atom stereocenters. The van der Waals surface area contributed by atoms with Crippen molar-refractivity contribution in [3.63, 3.8) is 0 Å². The van der Waals surface area contributed by atoms with E-state index in [2.05, 4.69) is 48.1 Å². The number of nitrogens with one attached hydrogen (secondary N) is 2. The molecule has 2 rings (SSSR count). The van der Waals surface area contributed by atoms with Gasteiger partial charge in [0.2, 0.25) is 5.91 Å². The lowest BCUT2D eigenvalue weighted by Crippen LogP contribution is -2.24. The van der Waals surface area contributed by atoms with E-state index in [-0.39, 0.29) is 40.5 Å². The van der Waals surface area contributed by atoms with Crippen LogP contribution in [0.15, 0.2) is 57.9 Å². The Morgan fingerprint density at radius 1 is 1.13 bits per heavy atom. The number of carbonyl (C=O) groups is 3. The second-order valence-electron chi connectivity index (χ2n) is 7.71. The summed E-state index contributed by atoms with van der Waals surface area (Å²) in [5.41, 5.74) is -0.271. The van der Waals surface area contributed by atoms with Gasteiger partial charge in [-0.1, -0.05) is 12.6 Å². The van der Waals surface area contributed by atoms with Crippen LogP contribution in [0.4, 0.5) is 28.4 Å². The molecule has 39 heavy (non-hydrogen) atoms. The number of carbonyl (C=O) groups excluding carboxylic acids is 3. The molecule has 0 spiro atoms. The number of benzene rings is 2. The minimum Gasteiger partial charge on any atom is -0.454 e. The number of amides is 1. The highest BCUT2D eigenvalue weighted by Gasteiger charge is 2.23. The van der Waals surface area contributed by atoms with Gasteiger partial charge in [0.05, 0.1) is 38.8 Å². The number of hydrogen-bond donors (Lipinski definition) is 2. The minimum atomic E-state index is -0.819. The smallest absolute Gasteiger partial charge is 0.349 e. The van der Waals surface area contributed by atoms with E-state index in [1.165, 1.54) is 13.0 Å². The standard InChI is InChI=1S/C23H23BrN6O9/c1-4-38-22(33)12-39-21(32)7-8-25-13(2)15-5-6-18(19(9-15)26-14(3)31)27-28-23-17(24)10-16(29(34)35)11-20(23)30(36)37/h4-6,9-11,13,25H,1,7-8,12H2,2-3H3,(H,26,31). The van der Waals surface area contributed by atoms with Gasteiger partial charge in [-0.2, -0.15) is 0 Å². The first-order valence-corrected chi connectivity index (χ1v) is 11.9. The number of nitrogens with zero attached hydrogens (tertiary/aromatic N) is 4. The summed E-state index contributed by atoms with van der Waals surface area (Å²) >= 11 is 3.06. The van der Waals surface area contributed by atoms with Crippen molar-refractivity contribution < 1.29 is 33.7 Å². The van der Waals surface area contributed by atoms with Crippen LogP contribution < -0.4 is 10.6 Å². The summed E-state index contributed by atoms with van der Waals surface area (Å²) in [5.74, 6) is -1.78. The summed E-state index contributed by atoms with van der Waals surface area (Å²) in [7, 11) is 0. The van der Waals surface area contributed by atoms with Crippen molar-refractivity contribution in [3.8, 4) is 0 Å². The fraction of sp³-hybridized carbons (Fsp3) is 0.261.